The lowest BCUT2D eigenvalue weighted by Crippen LogP contribution is -2.43. The molecule has 2 rings (SSSR count). The van der Waals surface area contributed by atoms with Crippen molar-refractivity contribution in [2.24, 2.45) is 0 Å². The van der Waals surface area contributed by atoms with Crippen molar-refractivity contribution in [2.45, 2.75) is 44.4 Å². The van der Waals surface area contributed by atoms with Gasteiger partial charge in [-0.25, -0.2) is 4.39 Å². The van der Waals surface area contributed by atoms with Gasteiger partial charge in [-0.05, 0) is 26.0 Å². The predicted molar refractivity (Wildman–Crippen MR) is 70.5 cm³/mol. The number of hydrogen-bond donors (Lipinski definition) is 2. The molecule has 1 aromatic rings. The summed E-state index contributed by atoms with van der Waals surface area (Å²) >= 11 is 0. The molecule has 0 bridgehead atoms. The van der Waals surface area contributed by atoms with Gasteiger partial charge in [-0.15, -0.1) is 0 Å². The van der Waals surface area contributed by atoms with Gasteiger partial charge in [0.2, 0.25) is 0 Å². The van der Waals surface area contributed by atoms with E-state index >= 15 is 0 Å². The van der Waals surface area contributed by atoms with Crippen LogP contribution in [0.3, 0.4) is 0 Å². The fourth-order valence-corrected chi connectivity index (χ4v) is 2.71. The van der Waals surface area contributed by atoms with Gasteiger partial charge in [0.25, 0.3) is 0 Å². The monoisotopic (exact) mass is 252 g/mol. The lowest BCUT2D eigenvalue weighted by molar-refractivity contribution is 0.0284. The third-order valence-electron chi connectivity index (χ3n) is 3.79. The van der Waals surface area contributed by atoms with Gasteiger partial charge < -0.3 is 10.8 Å². The van der Waals surface area contributed by atoms with E-state index in [0.717, 1.165) is 25.7 Å². The quantitative estimate of drug-likeness (QED) is 0.810. The third kappa shape index (κ3) is 2.82. The van der Waals surface area contributed by atoms with E-state index in [2.05, 4.69) is 0 Å². The minimum atomic E-state index is -0.338. The zero-order valence-corrected chi connectivity index (χ0v) is 10.8. The van der Waals surface area contributed by atoms with Crippen LogP contribution in [0, 0.1) is 5.82 Å². The van der Waals surface area contributed by atoms with Crippen LogP contribution in [0.15, 0.2) is 18.2 Å². The Kier molecular flexibility index (Phi) is 4.19. The summed E-state index contributed by atoms with van der Waals surface area (Å²) in [6, 6.07) is 5.20. The third-order valence-corrected chi connectivity index (χ3v) is 3.79. The van der Waals surface area contributed by atoms with E-state index in [4.69, 9.17) is 5.73 Å². The molecule has 0 radical (unpaired) electrons. The summed E-state index contributed by atoms with van der Waals surface area (Å²) in [7, 11) is 1.93. The molecule has 18 heavy (non-hydrogen) atoms. The number of aliphatic hydroxyl groups is 1. The average molecular weight is 252 g/mol. The maximum absolute atomic E-state index is 13.8. The SMILES string of the molecule is CN(Cc1cccc(N)c1F)C1CCCCC1O. The number of aliphatic hydroxyl groups excluding tert-OH is 1. The molecule has 0 aromatic heterocycles. The Hall–Kier alpha value is -1.13. The van der Waals surface area contributed by atoms with E-state index < -0.39 is 0 Å². The molecule has 1 saturated carbocycles. The van der Waals surface area contributed by atoms with Crippen LogP contribution >= 0.6 is 0 Å². The predicted octanol–water partition coefficient (Wildman–Crippen LogP) is 2.14. The average Bonchev–Trinajstić information content (AvgIpc) is 2.35. The summed E-state index contributed by atoms with van der Waals surface area (Å²) < 4.78 is 13.8. The first-order chi connectivity index (χ1) is 8.59. The van der Waals surface area contributed by atoms with Crippen LogP contribution in [0.1, 0.15) is 31.2 Å². The van der Waals surface area contributed by atoms with E-state index in [-0.39, 0.29) is 23.7 Å². The molecule has 3 nitrogen and oxygen atoms in total. The number of anilines is 1. The number of rotatable bonds is 3. The maximum atomic E-state index is 13.8. The highest BCUT2D eigenvalue weighted by Gasteiger charge is 2.26. The zero-order chi connectivity index (χ0) is 13.1. The summed E-state index contributed by atoms with van der Waals surface area (Å²) in [5, 5.41) is 9.98. The first kappa shape index (κ1) is 13.3. The number of likely N-dealkylation sites (N-methyl/N-ethyl adjacent to an activating group) is 1. The normalized spacial score (nSPS) is 24.4. The van der Waals surface area contributed by atoms with Crippen molar-refractivity contribution in [1.29, 1.82) is 0 Å². The molecule has 3 N–H and O–H groups in total. The van der Waals surface area contributed by atoms with E-state index in [1.165, 1.54) is 0 Å². The first-order valence-electron chi connectivity index (χ1n) is 6.50. The molecule has 0 amide bonds. The number of nitrogen functional groups attached to an aromatic ring is 1. The van der Waals surface area contributed by atoms with Gasteiger partial charge in [0.1, 0.15) is 0 Å². The molecule has 0 saturated heterocycles. The second-order valence-electron chi connectivity index (χ2n) is 5.15. The van der Waals surface area contributed by atoms with Crippen LogP contribution in [0.25, 0.3) is 0 Å². The zero-order valence-electron chi connectivity index (χ0n) is 10.8. The van der Waals surface area contributed by atoms with Crippen molar-refractivity contribution < 1.29 is 9.50 Å². The highest BCUT2D eigenvalue weighted by atomic mass is 19.1. The number of benzene rings is 1. The van der Waals surface area contributed by atoms with Crippen molar-refractivity contribution in [3.05, 3.63) is 29.6 Å². The lowest BCUT2D eigenvalue weighted by Gasteiger charge is -2.35. The van der Waals surface area contributed by atoms with Crippen molar-refractivity contribution in [2.75, 3.05) is 12.8 Å². The van der Waals surface area contributed by atoms with E-state index in [1.807, 2.05) is 11.9 Å². The Morgan fingerprint density at radius 3 is 2.83 bits per heavy atom. The molecule has 2 atom stereocenters. The number of hydrogen-bond acceptors (Lipinski definition) is 3. The smallest absolute Gasteiger partial charge is 0.150 e. The van der Waals surface area contributed by atoms with Gasteiger partial charge in [0, 0.05) is 18.2 Å². The number of nitrogens with two attached hydrogens (primary N) is 1. The van der Waals surface area contributed by atoms with Crippen LogP contribution < -0.4 is 5.73 Å². The summed E-state index contributed by atoms with van der Waals surface area (Å²) in [6.45, 7) is 0.485. The molecular weight excluding hydrogens is 231 g/mol. The number of nitrogens with zero attached hydrogens (tertiary/aromatic N) is 1. The standard InChI is InChI=1S/C14H21FN2O/c1-17(12-7-2-3-8-13(12)18)9-10-5-4-6-11(16)14(10)15/h4-6,12-13,18H,2-3,7-9,16H2,1H3. The summed E-state index contributed by atoms with van der Waals surface area (Å²) in [4.78, 5) is 2.03. The summed E-state index contributed by atoms with van der Waals surface area (Å²) in [5.41, 5.74) is 6.34. The Balaban J connectivity index is 2.06. The number of halogens is 1. The van der Waals surface area contributed by atoms with Crippen LogP contribution in [-0.2, 0) is 6.54 Å². The molecule has 100 valence electrons. The molecule has 1 aliphatic carbocycles. The van der Waals surface area contributed by atoms with E-state index in [1.54, 1.807) is 18.2 Å². The highest BCUT2D eigenvalue weighted by molar-refractivity contribution is 5.42. The second kappa shape index (κ2) is 5.67. The summed E-state index contributed by atoms with van der Waals surface area (Å²) in [6.07, 6.45) is 3.73. The molecule has 0 spiro atoms. The molecule has 1 fully saturated rings. The van der Waals surface area contributed by atoms with Crippen LogP contribution in [-0.4, -0.2) is 29.2 Å². The van der Waals surface area contributed by atoms with E-state index in [0.29, 0.717) is 12.1 Å². The van der Waals surface area contributed by atoms with Gasteiger partial charge in [-0.3, -0.25) is 4.90 Å². The van der Waals surface area contributed by atoms with Gasteiger partial charge in [-0.1, -0.05) is 25.0 Å². The Bertz CT molecular complexity index is 411. The maximum Gasteiger partial charge on any atom is 0.150 e. The molecule has 1 aromatic carbocycles. The minimum Gasteiger partial charge on any atom is -0.396 e. The fourth-order valence-electron chi connectivity index (χ4n) is 2.71. The Labute approximate surface area is 107 Å². The van der Waals surface area contributed by atoms with Crippen LogP contribution in [0.2, 0.25) is 0 Å². The Morgan fingerprint density at radius 1 is 1.39 bits per heavy atom. The molecule has 1 aliphatic rings. The molecule has 4 heteroatoms. The largest absolute Gasteiger partial charge is 0.396 e. The molecular formula is C14H21FN2O. The van der Waals surface area contributed by atoms with Gasteiger partial charge >= 0.3 is 0 Å². The van der Waals surface area contributed by atoms with E-state index in [9.17, 15) is 9.50 Å². The molecule has 2 unspecified atom stereocenters. The topological polar surface area (TPSA) is 49.5 Å². The van der Waals surface area contributed by atoms with Gasteiger partial charge in [-0.2, -0.15) is 0 Å². The first-order valence-corrected chi connectivity index (χ1v) is 6.50. The van der Waals surface area contributed by atoms with Crippen molar-refractivity contribution in [3.63, 3.8) is 0 Å². The van der Waals surface area contributed by atoms with Gasteiger partial charge in [0.05, 0.1) is 11.8 Å². The minimum absolute atomic E-state index is 0.125. The Morgan fingerprint density at radius 2 is 2.11 bits per heavy atom. The second-order valence-corrected chi connectivity index (χ2v) is 5.15. The summed E-state index contributed by atoms with van der Waals surface area (Å²) in [5.74, 6) is -0.338. The van der Waals surface area contributed by atoms with Gasteiger partial charge in [0.15, 0.2) is 5.82 Å². The van der Waals surface area contributed by atoms with Crippen LogP contribution in [0.5, 0.6) is 0 Å². The fraction of sp³-hybridized carbons (Fsp3) is 0.571. The lowest BCUT2D eigenvalue weighted by atomic mass is 9.91. The van der Waals surface area contributed by atoms with Crippen LogP contribution in [0.4, 0.5) is 10.1 Å². The molecule has 0 aliphatic heterocycles. The highest BCUT2D eigenvalue weighted by Crippen LogP contribution is 2.24. The van der Waals surface area contributed by atoms with Crippen molar-refractivity contribution in [1.82, 2.24) is 4.90 Å². The molecule has 0 heterocycles. The van der Waals surface area contributed by atoms with Crippen molar-refractivity contribution >= 4 is 5.69 Å². The van der Waals surface area contributed by atoms with Crippen molar-refractivity contribution in [3.8, 4) is 0 Å².